The van der Waals surface area contributed by atoms with Crippen molar-refractivity contribution in [3.8, 4) is 0 Å². The van der Waals surface area contributed by atoms with Crippen LogP contribution in [-0.4, -0.2) is 28.1 Å². The molecule has 0 fully saturated rings. The second kappa shape index (κ2) is 21.5. The van der Waals surface area contributed by atoms with Crippen molar-refractivity contribution in [3.63, 3.8) is 0 Å². The van der Waals surface area contributed by atoms with Crippen molar-refractivity contribution in [3.05, 3.63) is 0 Å². The van der Waals surface area contributed by atoms with Crippen molar-refractivity contribution in [1.82, 2.24) is 4.90 Å². The SMILES string of the molecule is CCCCCCCCCCCCCCCCCCSC(=S)N(CC)CC. The molecule has 26 heavy (non-hydrogen) atoms. The number of unbranched alkanes of at least 4 members (excludes halogenated alkanes) is 15. The van der Waals surface area contributed by atoms with E-state index in [4.69, 9.17) is 12.2 Å². The Bertz CT molecular complexity index is 290. The van der Waals surface area contributed by atoms with Crippen LogP contribution in [0.25, 0.3) is 0 Å². The van der Waals surface area contributed by atoms with E-state index in [2.05, 4.69) is 25.7 Å². The molecule has 0 atom stereocenters. The Hall–Kier alpha value is 0.240. The van der Waals surface area contributed by atoms with E-state index in [1.807, 2.05) is 11.8 Å². The smallest absolute Gasteiger partial charge is 0.136 e. The van der Waals surface area contributed by atoms with Gasteiger partial charge in [0.2, 0.25) is 0 Å². The second-order valence-corrected chi connectivity index (χ2v) is 9.32. The van der Waals surface area contributed by atoms with Crippen LogP contribution in [-0.2, 0) is 0 Å². The predicted octanol–water partition coefficient (Wildman–Crippen LogP) is 8.61. The third-order valence-corrected chi connectivity index (χ3v) is 6.85. The van der Waals surface area contributed by atoms with E-state index in [1.165, 1.54) is 108 Å². The summed E-state index contributed by atoms with van der Waals surface area (Å²) in [5.74, 6) is 1.20. The van der Waals surface area contributed by atoms with Gasteiger partial charge in [-0.05, 0) is 20.3 Å². The minimum Gasteiger partial charge on any atom is -0.358 e. The fraction of sp³-hybridized carbons (Fsp3) is 0.957. The molecule has 0 aromatic heterocycles. The zero-order chi connectivity index (χ0) is 19.3. The summed E-state index contributed by atoms with van der Waals surface area (Å²) in [5.41, 5.74) is 0. The molecule has 0 heterocycles. The van der Waals surface area contributed by atoms with Crippen molar-refractivity contribution in [1.29, 1.82) is 0 Å². The molecule has 0 saturated heterocycles. The van der Waals surface area contributed by atoms with Gasteiger partial charge in [-0.2, -0.15) is 0 Å². The molecule has 0 radical (unpaired) electrons. The molecule has 0 saturated carbocycles. The first-order valence-corrected chi connectivity index (χ1v) is 13.1. The lowest BCUT2D eigenvalue weighted by molar-refractivity contribution is 0.482. The molecule has 0 spiro atoms. The Morgan fingerprint density at radius 1 is 0.577 bits per heavy atom. The van der Waals surface area contributed by atoms with Crippen LogP contribution in [0.1, 0.15) is 124 Å². The highest BCUT2D eigenvalue weighted by atomic mass is 32.2. The molecule has 0 aliphatic rings. The lowest BCUT2D eigenvalue weighted by Crippen LogP contribution is -2.26. The van der Waals surface area contributed by atoms with Gasteiger partial charge in [0.1, 0.15) is 4.32 Å². The summed E-state index contributed by atoms with van der Waals surface area (Å²) in [6, 6.07) is 0. The molecule has 0 bridgehead atoms. The van der Waals surface area contributed by atoms with Gasteiger partial charge in [0, 0.05) is 18.8 Å². The molecule has 0 aliphatic heterocycles. The maximum absolute atomic E-state index is 5.47. The number of thiocarbonyl (C=S) groups is 1. The first-order valence-electron chi connectivity index (χ1n) is 11.7. The van der Waals surface area contributed by atoms with Gasteiger partial charge in [0.05, 0.1) is 0 Å². The molecule has 0 rings (SSSR count). The molecule has 0 unspecified atom stereocenters. The van der Waals surface area contributed by atoms with Gasteiger partial charge >= 0.3 is 0 Å². The van der Waals surface area contributed by atoms with E-state index in [1.54, 1.807) is 0 Å². The van der Waals surface area contributed by atoms with Crippen molar-refractivity contribution in [2.75, 3.05) is 18.8 Å². The van der Waals surface area contributed by atoms with Crippen LogP contribution >= 0.6 is 24.0 Å². The van der Waals surface area contributed by atoms with Crippen molar-refractivity contribution in [2.24, 2.45) is 0 Å². The second-order valence-electron chi connectivity index (χ2n) is 7.59. The number of nitrogens with zero attached hydrogens (tertiary/aromatic N) is 1. The summed E-state index contributed by atoms with van der Waals surface area (Å²) in [7, 11) is 0. The van der Waals surface area contributed by atoms with Crippen LogP contribution in [0.5, 0.6) is 0 Å². The highest BCUT2D eigenvalue weighted by molar-refractivity contribution is 8.22. The molecule has 156 valence electrons. The minimum atomic E-state index is 1.04. The van der Waals surface area contributed by atoms with E-state index in [-0.39, 0.29) is 0 Å². The largest absolute Gasteiger partial charge is 0.358 e. The van der Waals surface area contributed by atoms with Gasteiger partial charge in [0.15, 0.2) is 0 Å². The van der Waals surface area contributed by atoms with Crippen LogP contribution in [0, 0.1) is 0 Å². The summed E-state index contributed by atoms with van der Waals surface area (Å²) in [4.78, 5) is 2.28. The Balaban J connectivity index is 3.14. The van der Waals surface area contributed by atoms with Gasteiger partial charge in [0.25, 0.3) is 0 Å². The standard InChI is InChI=1S/C23H47NS2/c1-4-7-8-9-10-11-12-13-14-15-16-17-18-19-20-21-22-26-23(25)24(5-2)6-3/h4-22H2,1-3H3. The summed E-state index contributed by atoms with van der Waals surface area (Å²) in [6.07, 6.45) is 23.0. The molecular formula is C23H47NS2. The fourth-order valence-electron chi connectivity index (χ4n) is 3.38. The average molecular weight is 402 g/mol. The predicted molar refractivity (Wildman–Crippen MR) is 128 cm³/mol. The summed E-state index contributed by atoms with van der Waals surface area (Å²) in [6.45, 7) is 8.75. The number of thioether (sulfide) groups is 1. The van der Waals surface area contributed by atoms with Gasteiger partial charge in [-0.3, -0.25) is 0 Å². The number of hydrogen-bond donors (Lipinski definition) is 0. The van der Waals surface area contributed by atoms with Gasteiger partial charge in [-0.25, -0.2) is 0 Å². The van der Waals surface area contributed by atoms with Gasteiger partial charge in [-0.1, -0.05) is 127 Å². The monoisotopic (exact) mass is 401 g/mol. The molecule has 0 N–H and O–H groups in total. The minimum absolute atomic E-state index is 1.04. The molecule has 0 aliphatic carbocycles. The lowest BCUT2D eigenvalue weighted by Gasteiger charge is -2.20. The Kier molecular flexibility index (Phi) is 21.7. The third kappa shape index (κ3) is 17.6. The van der Waals surface area contributed by atoms with E-state index in [9.17, 15) is 0 Å². The normalized spacial score (nSPS) is 11.0. The highest BCUT2D eigenvalue weighted by Gasteiger charge is 2.04. The molecular weight excluding hydrogens is 354 g/mol. The number of hydrogen-bond acceptors (Lipinski definition) is 2. The van der Waals surface area contributed by atoms with Gasteiger partial charge in [-0.15, -0.1) is 0 Å². The van der Waals surface area contributed by atoms with Gasteiger partial charge < -0.3 is 4.90 Å². The molecule has 0 aromatic rings. The first kappa shape index (κ1) is 26.2. The maximum Gasteiger partial charge on any atom is 0.136 e. The maximum atomic E-state index is 5.47. The first-order chi connectivity index (χ1) is 12.8. The van der Waals surface area contributed by atoms with Crippen LogP contribution < -0.4 is 0 Å². The summed E-state index contributed by atoms with van der Waals surface area (Å²) >= 11 is 7.35. The zero-order valence-electron chi connectivity index (χ0n) is 18.2. The Labute approximate surface area is 175 Å². The number of rotatable bonds is 19. The molecule has 0 aromatic carbocycles. The van der Waals surface area contributed by atoms with E-state index in [0.29, 0.717) is 0 Å². The molecule has 3 heteroatoms. The zero-order valence-corrected chi connectivity index (χ0v) is 19.8. The Morgan fingerprint density at radius 3 is 1.27 bits per heavy atom. The van der Waals surface area contributed by atoms with E-state index < -0.39 is 0 Å². The summed E-state index contributed by atoms with van der Waals surface area (Å²) < 4.78 is 1.09. The van der Waals surface area contributed by atoms with Crippen molar-refractivity contribution >= 4 is 28.3 Å². The third-order valence-electron chi connectivity index (χ3n) is 5.25. The van der Waals surface area contributed by atoms with Crippen molar-refractivity contribution < 1.29 is 0 Å². The Morgan fingerprint density at radius 2 is 0.923 bits per heavy atom. The van der Waals surface area contributed by atoms with Crippen LogP contribution in [0.3, 0.4) is 0 Å². The quantitative estimate of drug-likeness (QED) is 0.157. The van der Waals surface area contributed by atoms with Crippen LogP contribution in [0.15, 0.2) is 0 Å². The van der Waals surface area contributed by atoms with Crippen LogP contribution in [0.2, 0.25) is 0 Å². The average Bonchev–Trinajstić information content (AvgIpc) is 2.65. The fourth-order valence-corrected chi connectivity index (χ4v) is 4.85. The molecule has 1 nitrogen and oxygen atoms in total. The van der Waals surface area contributed by atoms with E-state index >= 15 is 0 Å². The lowest BCUT2D eigenvalue weighted by atomic mass is 10.0. The molecule has 0 amide bonds. The summed E-state index contributed by atoms with van der Waals surface area (Å²) in [5, 5.41) is 0. The van der Waals surface area contributed by atoms with E-state index in [0.717, 1.165) is 17.4 Å². The van der Waals surface area contributed by atoms with Crippen molar-refractivity contribution in [2.45, 2.75) is 124 Å². The van der Waals surface area contributed by atoms with Crippen LogP contribution in [0.4, 0.5) is 0 Å². The topological polar surface area (TPSA) is 3.24 Å². The highest BCUT2D eigenvalue weighted by Crippen LogP contribution is 2.15.